The lowest BCUT2D eigenvalue weighted by molar-refractivity contribution is -0.0368. The van der Waals surface area contributed by atoms with Crippen molar-refractivity contribution in [3.8, 4) is 0 Å². The monoisotopic (exact) mass is 269 g/mol. The highest BCUT2D eigenvalue weighted by atomic mass is 19.1. The normalized spacial score (nSPS) is 16.4. The van der Waals surface area contributed by atoms with Gasteiger partial charge in [0.15, 0.2) is 0 Å². The van der Waals surface area contributed by atoms with Gasteiger partial charge in [0.05, 0.1) is 11.8 Å². The van der Waals surface area contributed by atoms with E-state index < -0.39 is 18.0 Å². The molecule has 0 aromatic carbocycles. The number of rotatable bonds is 7. The van der Waals surface area contributed by atoms with Crippen LogP contribution in [0.25, 0.3) is 0 Å². The van der Waals surface area contributed by atoms with Crippen LogP contribution < -0.4 is 0 Å². The quantitative estimate of drug-likeness (QED) is 0.800. The number of hydrogen-bond acceptors (Lipinski definition) is 3. The molecule has 0 bridgehead atoms. The van der Waals surface area contributed by atoms with E-state index in [1.165, 1.54) is 18.3 Å². The van der Waals surface area contributed by atoms with Crippen molar-refractivity contribution in [2.24, 2.45) is 11.8 Å². The molecule has 2 N–H and O–H groups in total. The van der Waals surface area contributed by atoms with Gasteiger partial charge in [-0.1, -0.05) is 33.6 Å². The third-order valence-corrected chi connectivity index (χ3v) is 3.56. The number of aromatic nitrogens is 1. The molecule has 1 aromatic heterocycles. The van der Waals surface area contributed by atoms with Gasteiger partial charge in [-0.3, -0.25) is 4.98 Å². The van der Waals surface area contributed by atoms with E-state index in [1.807, 2.05) is 13.8 Å². The maximum Gasteiger partial charge on any atom is 0.126 e. The van der Waals surface area contributed by atoms with Crippen LogP contribution in [0.1, 0.15) is 51.8 Å². The molecule has 1 aromatic rings. The minimum Gasteiger partial charge on any atom is -0.390 e. The summed E-state index contributed by atoms with van der Waals surface area (Å²) in [5, 5.41) is 20.5. The Morgan fingerprint density at radius 2 is 2.00 bits per heavy atom. The van der Waals surface area contributed by atoms with Crippen molar-refractivity contribution in [2.45, 2.75) is 52.2 Å². The maximum atomic E-state index is 13.1. The second-order valence-electron chi connectivity index (χ2n) is 5.38. The number of unbranched alkanes of at least 4 members (excludes halogenated alkanes) is 1. The number of aliphatic hydroxyl groups excluding tert-OH is 2. The molecule has 108 valence electrons. The van der Waals surface area contributed by atoms with Gasteiger partial charge in [0, 0.05) is 6.20 Å². The van der Waals surface area contributed by atoms with Gasteiger partial charge in [-0.05, 0) is 30.4 Å². The van der Waals surface area contributed by atoms with E-state index in [4.69, 9.17) is 0 Å². The van der Waals surface area contributed by atoms with Crippen LogP contribution in [0.15, 0.2) is 18.3 Å². The predicted molar refractivity (Wildman–Crippen MR) is 73.0 cm³/mol. The fourth-order valence-corrected chi connectivity index (χ4v) is 2.33. The summed E-state index contributed by atoms with van der Waals surface area (Å²) in [7, 11) is 0. The molecule has 0 spiro atoms. The highest BCUT2D eigenvalue weighted by molar-refractivity contribution is 5.10. The fraction of sp³-hybridized carbons (Fsp3) is 0.667. The van der Waals surface area contributed by atoms with E-state index in [2.05, 4.69) is 11.9 Å². The average molecular weight is 269 g/mol. The molecule has 0 aliphatic heterocycles. The first-order chi connectivity index (χ1) is 8.97. The Balaban J connectivity index is 2.80. The summed E-state index contributed by atoms with van der Waals surface area (Å²) in [5.74, 6) is -0.212. The van der Waals surface area contributed by atoms with Gasteiger partial charge in [0.1, 0.15) is 11.9 Å². The Morgan fingerprint density at radius 3 is 2.53 bits per heavy atom. The van der Waals surface area contributed by atoms with Gasteiger partial charge in [-0.15, -0.1) is 0 Å². The van der Waals surface area contributed by atoms with Crippen LogP contribution in [-0.4, -0.2) is 21.3 Å². The van der Waals surface area contributed by atoms with Crippen molar-refractivity contribution < 1.29 is 14.6 Å². The highest BCUT2D eigenvalue weighted by Gasteiger charge is 2.30. The summed E-state index contributed by atoms with van der Waals surface area (Å²) in [4.78, 5) is 3.93. The largest absolute Gasteiger partial charge is 0.390 e. The summed E-state index contributed by atoms with van der Waals surface area (Å²) >= 11 is 0. The lowest BCUT2D eigenvalue weighted by atomic mass is 9.83. The zero-order valence-corrected chi connectivity index (χ0v) is 11.9. The number of pyridine rings is 1. The molecule has 0 saturated heterocycles. The fourth-order valence-electron chi connectivity index (χ4n) is 2.33. The van der Waals surface area contributed by atoms with E-state index >= 15 is 0 Å². The molecule has 19 heavy (non-hydrogen) atoms. The molecule has 1 rings (SSSR count). The summed E-state index contributed by atoms with van der Waals surface area (Å²) < 4.78 is 13.1. The molecule has 1 heterocycles. The lowest BCUT2D eigenvalue weighted by Gasteiger charge is -2.29. The Morgan fingerprint density at radius 1 is 1.32 bits per heavy atom. The second-order valence-corrected chi connectivity index (χ2v) is 5.38. The molecular weight excluding hydrogens is 245 g/mol. The zero-order valence-electron chi connectivity index (χ0n) is 11.9. The highest BCUT2D eigenvalue weighted by Crippen LogP contribution is 2.29. The molecule has 0 aliphatic rings. The molecule has 0 fully saturated rings. The zero-order chi connectivity index (χ0) is 14.4. The third kappa shape index (κ3) is 4.55. The van der Waals surface area contributed by atoms with Crippen LogP contribution in [-0.2, 0) is 0 Å². The van der Waals surface area contributed by atoms with Crippen molar-refractivity contribution in [2.75, 3.05) is 0 Å². The van der Waals surface area contributed by atoms with Gasteiger partial charge in [-0.25, -0.2) is 4.39 Å². The number of aliphatic hydroxyl groups is 2. The molecule has 3 nitrogen and oxygen atoms in total. The molecular formula is C15H24FNO2. The van der Waals surface area contributed by atoms with Gasteiger partial charge in [0.25, 0.3) is 0 Å². The van der Waals surface area contributed by atoms with Gasteiger partial charge < -0.3 is 10.2 Å². The van der Waals surface area contributed by atoms with Crippen molar-refractivity contribution in [1.82, 2.24) is 4.98 Å². The van der Waals surface area contributed by atoms with Crippen molar-refractivity contribution >= 4 is 0 Å². The summed E-state index contributed by atoms with van der Waals surface area (Å²) in [5.41, 5.74) is 0.189. The van der Waals surface area contributed by atoms with E-state index in [0.29, 0.717) is 0 Å². The minimum atomic E-state index is -1.14. The summed E-state index contributed by atoms with van der Waals surface area (Å²) in [6.45, 7) is 6.14. The van der Waals surface area contributed by atoms with E-state index in [1.54, 1.807) is 0 Å². The number of hydrogen-bond donors (Lipinski definition) is 2. The topological polar surface area (TPSA) is 53.4 Å². The Hall–Kier alpha value is -1.00. The molecule has 3 atom stereocenters. The maximum absolute atomic E-state index is 13.1. The van der Waals surface area contributed by atoms with Crippen LogP contribution >= 0.6 is 0 Å². The molecule has 0 radical (unpaired) electrons. The smallest absolute Gasteiger partial charge is 0.126 e. The van der Waals surface area contributed by atoms with Gasteiger partial charge >= 0.3 is 0 Å². The van der Waals surface area contributed by atoms with E-state index in [0.717, 1.165) is 19.3 Å². The minimum absolute atomic E-state index is 0.0139. The third-order valence-electron chi connectivity index (χ3n) is 3.56. The lowest BCUT2D eigenvalue weighted by Crippen LogP contribution is -2.31. The molecule has 0 aliphatic carbocycles. The van der Waals surface area contributed by atoms with Crippen LogP contribution in [0, 0.1) is 17.7 Å². The Labute approximate surface area is 114 Å². The molecule has 4 heteroatoms. The molecule has 3 unspecified atom stereocenters. The molecule has 0 amide bonds. The van der Waals surface area contributed by atoms with Crippen molar-refractivity contribution in [1.29, 1.82) is 0 Å². The van der Waals surface area contributed by atoms with E-state index in [9.17, 15) is 14.6 Å². The van der Waals surface area contributed by atoms with E-state index in [-0.39, 0.29) is 17.5 Å². The molecule has 0 saturated carbocycles. The first-order valence-electron chi connectivity index (χ1n) is 6.95. The van der Waals surface area contributed by atoms with Gasteiger partial charge in [-0.2, -0.15) is 0 Å². The van der Waals surface area contributed by atoms with Crippen LogP contribution in [0.3, 0.4) is 0 Å². The van der Waals surface area contributed by atoms with Crippen molar-refractivity contribution in [3.05, 3.63) is 29.8 Å². The first-order valence-corrected chi connectivity index (χ1v) is 6.95. The van der Waals surface area contributed by atoms with Gasteiger partial charge in [0.2, 0.25) is 0 Å². The van der Waals surface area contributed by atoms with Crippen LogP contribution in [0.4, 0.5) is 4.39 Å². The number of nitrogens with zero attached hydrogens (tertiary/aromatic N) is 1. The van der Waals surface area contributed by atoms with Crippen LogP contribution in [0.5, 0.6) is 0 Å². The predicted octanol–water partition coefficient (Wildman–Crippen LogP) is 3.08. The Kier molecular flexibility index (Phi) is 6.38. The second kappa shape index (κ2) is 7.56. The Bertz CT molecular complexity index is 384. The summed E-state index contributed by atoms with van der Waals surface area (Å²) in [6.07, 6.45) is 2.15. The average Bonchev–Trinajstić information content (AvgIpc) is 2.37. The summed E-state index contributed by atoms with van der Waals surface area (Å²) in [6, 6.07) is 2.39. The van der Waals surface area contributed by atoms with Crippen molar-refractivity contribution in [3.63, 3.8) is 0 Å². The SMILES string of the molecule is CCCCC(C(C)C)C(O)C(O)c1cc(F)ccn1. The van der Waals surface area contributed by atoms with Crippen LogP contribution in [0.2, 0.25) is 0 Å². The first kappa shape index (κ1) is 16.1. The number of halogens is 1. The standard InChI is InChI=1S/C15H24FNO2/c1-4-5-6-12(10(2)3)14(18)15(19)13-9-11(16)7-8-17-13/h7-10,12,14-15,18-19H,4-6H2,1-3H3.